The third-order valence-corrected chi connectivity index (χ3v) is 7.34. The summed E-state index contributed by atoms with van der Waals surface area (Å²) in [4.78, 5) is 0. The van der Waals surface area contributed by atoms with Crippen molar-refractivity contribution in [2.45, 2.75) is 110 Å². The van der Waals surface area contributed by atoms with Gasteiger partial charge in [0.05, 0.1) is 6.61 Å². The largest absolute Gasteiger partial charge is 0.673 e. The monoisotopic (exact) mass is 636 g/mol. The van der Waals surface area contributed by atoms with Gasteiger partial charge in [0, 0.05) is 5.56 Å². The molecule has 2 aromatic carbocycles. The van der Waals surface area contributed by atoms with Gasteiger partial charge in [0.15, 0.2) is 3.57 Å². The zero-order valence-corrected chi connectivity index (χ0v) is 24.9. The molecule has 0 aromatic heterocycles. The number of unbranched alkanes of at least 4 members (excludes halogenated alkanes) is 15. The van der Waals surface area contributed by atoms with Crippen LogP contribution in [0.2, 0.25) is 0 Å². The maximum absolute atomic E-state index is 9.75. The van der Waals surface area contributed by atoms with Crippen LogP contribution in [0.5, 0.6) is 5.75 Å². The van der Waals surface area contributed by atoms with Crippen LogP contribution in [0.4, 0.5) is 17.3 Å². The molecule has 0 atom stereocenters. The van der Waals surface area contributed by atoms with Crippen LogP contribution in [0.15, 0.2) is 48.5 Å². The molecule has 0 amide bonds. The number of hydrogen-bond donors (Lipinski definition) is 0. The zero-order chi connectivity index (χ0) is 27.2. The van der Waals surface area contributed by atoms with Crippen molar-refractivity contribution in [2.24, 2.45) is 0 Å². The van der Waals surface area contributed by atoms with Crippen molar-refractivity contribution in [1.82, 2.24) is 0 Å². The van der Waals surface area contributed by atoms with Gasteiger partial charge in [0.2, 0.25) is 0 Å². The van der Waals surface area contributed by atoms with E-state index in [1.54, 1.807) is 0 Å². The minimum atomic E-state index is -6.00. The first-order chi connectivity index (χ1) is 17.8. The Balaban J connectivity index is 0.00000124. The molecule has 1 nitrogen and oxygen atoms in total. The molecule has 2 rings (SSSR count). The molecule has 0 N–H and O–H groups in total. The van der Waals surface area contributed by atoms with Crippen molar-refractivity contribution in [3.63, 3.8) is 0 Å². The van der Waals surface area contributed by atoms with E-state index in [4.69, 9.17) is 4.74 Å². The van der Waals surface area contributed by atoms with Crippen molar-refractivity contribution in [1.29, 1.82) is 0 Å². The summed E-state index contributed by atoms with van der Waals surface area (Å²) in [5.74, 6) is 0.990. The van der Waals surface area contributed by atoms with Crippen LogP contribution in [0.25, 0.3) is 11.1 Å². The Hall–Kier alpha value is -1.25. The van der Waals surface area contributed by atoms with E-state index in [1.807, 2.05) is 0 Å². The first-order valence-corrected chi connectivity index (χ1v) is 15.3. The van der Waals surface area contributed by atoms with Gasteiger partial charge >= 0.3 is 7.25 Å². The van der Waals surface area contributed by atoms with Gasteiger partial charge in [-0.1, -0.05) is 128 Å². The number of halogens is 5. The van der Waals surface area contributed by atoms with Gasteiger partial charge < -0.3 is 22.0 Å². The standard InChI is InChI=1S/C30H46IO.BF4/c1-2-3-4-5-6-7-8-9-10-11-12-13-14-15-16-19-26-32-28-24-22-27(23-25-28)29-20-17-18-21-30(29)31;2-1(3,4)5/h17-18,20-25,31H,2-16,19,26H2,1H3;/q+1;-1. The molecule has 0 aliphatic carbocycles. The summed E-state index contributed by atoms with van der Waals surface area (Å²) in [6.45, 7) is 3.13. The van der Waals surface area contributed by atoms with E-state index < -0.39 is 7.25 Å². The average molecular weight is 636 g/mol. The van der Waals surface area contributed by atoms with Crippen LogP contribution in [0, 0.1) is 3.57 Å². The fraction of sp³-hybridized carbons (Fsp3) is 0.600. The molecule has 210 valence electrons. The summed E-state index contributed by atoms with van der Waals surface area (Å²) in [5.41, 5.74) is 2.57. The minimum Gasteiger partial charge on any atom is -0.494 e. The molecule has 37 heavy (non-hydrogen) atoms. The first kappa shape index (κ1) is 33.8. The zero-order valence-electron chi connectivity index (χ0n) is 22.5. The Morgan fingerprint density at radius 2 is 1.00 bits per heavy atom. The van der Waals surface area contributed by atoms with Crippen molar-refractivity contribution in [2.75, 3.05) is 6.61 Å². The number of hydrogen-bond acceptors (Lipinski definition) is 1. The Morgan fingerprint density at radius 3 is 1.43 bits per heavy atom. The molecule has 0 bridgehead atoms. The third kappa shape index (κ3) is 20.4. The third-order valence-electron chi connectivity index (χ3n) is 6.32. The van der Waals surface area contributed by atoms with Gasteiger partial charge in [-0.2, -0.15) is 0 Å². The topological polar surface area (TPSA) is 9.23 Å². The molecule has 0 saturated carbocycles. The predicted octanol–water partition coefficient (Wildman–Crippen LogP) is 7.75. The maximum Gasteiger partial charge on any atom is 0.673 e. The Bertz CT molecular complexity index is 793. The Morgan fingerprint density at radius 1 is 0.595 bits per heavy atom. The van der Waals surface area contributed by atoms with Gasteiger partial charge in [0.1, 0.15) is 5.75 Å². The van der Waals surface area contributed by atoms with Crippen LogP contribution >= 0.6 is 0 Å². The molecule has 0 fully saturated rings. The lowest BCUT2D eigenvalue weighted by atomic mass is 10.0. The van der Waals surface area contributed by atoms with Gasteiger partial charge in [-0.25, -0.2) is 0 Å². The van der Waals surface area contributed by atoms with Gasteiger partial charge in [-0.3, -0.25) is 0 Å². The lowest BCUT2D eigenvalue weighted by Crippen LogP contribution is -3.34. The van der Waals surface area contributed by atoms with E-state index in [9.17, 15) is 17.3 Å². The molecule has 0 aliphatic rings. The lowest BCUT2D eigenvalue weighted by molar-refractivity contribution is -0.326. The van der Waals surface area contributed by atoms with Crippen molar-refractivity contribution < 1.29 is 44.6 Å². The quantitative estimate of drug-likeness (QED) is 0.0664. The fourth-order valence-electron chi connectivity index (χ4n) is 4.28. The summed E-state index contributed by atoms with van der Waals surface area (Å²) in [6.07, 6.45) is 22.5. The Labute approximate surface area is 236 Å². The smallest absolute Gasteiger partial charge is 0.494 e. The highest BCUT2D eigenvalue weighted by Crippen LogP contribution is 2.22. The maximum atomic E-state index is 9.75. The summed E-state index contributed by atoms with van der Waals surface area (Å²) in [6, 6.07) is 17.1. The average Bonchev–Trinajstić information content (AvgIpc) is 2.86. The van der Waals surface area contributed by atoms with Gasteiger partial charge in [0.25, 0.3) is 22.6 Å². The van der Waals surface area contributed by atoms with Gasteiger partial charge in [-0.15, -0.1) is 0 Å². The molecule has 7 heteroatoms. The van der Waals surface area contributed by atoms with Gasteiger partial charge in [-0.05, 0) is 36.2 Å². The molecule has 0 radical (unpaired) electrons. The molecule has 0 saturated heterocycles. The molecular weight excluding hydrogens is 590 g/mol. The normalized spacial score (nSPS) is 11.2. The fourth-order valence-corrected chi connectivity index (χ4v) is 5.03. The van der Waals surface area contributed by atoms with Crippen LogP contribution in [0.3, 0.4) is 0 Å². The van der Waals surface area contributed by atoms with Crippen molar-refractivity contribution in [3.05, 3.63) is 52.1 Å². The predicted molar refractivity (Wildman–Crippen MR) is 147 cm³/mol. The molecular formula is C30H46BF4IO. The highest BCUT2D eigenvalue weighted by Gasteiger charge is 2.20. The summed E-state index contributed by atoms with van der Waals surface area (Å²) < 4.78 is 46.3. The SMILES string of the molecule is CCCCCCCCCCCCCCCCCCOc1ccc(-c2ccccc2[IH+])cc1.F[B-](F)(F)F. The second-order valence-electron chi connectivity index (χ2n) is 9.67. The number of rotatable bonds is 19. The van der Waals surface area contributed by atoms with E-state index in [0.717, 1.165) is 18.8 Å². The second kappa shape index (κ2) is 21.7. The molecule has 0 heterocycles. The summed E-state index contributed by atoms with van der Waals surface area (Å²) >= 11 is 2.09. The molecule has 0 unspecified atom stereocenters. The van der Waals surface area contributed by atoms with E-state index >= 15 is 0 Å². The van der Waals surface area contributed by atoms with Crippen LogP contribution in [0.1, 0.15) is 110 Å². The van der Waals surface area contributed by atoms with Crippen LogP contribution in [-0.4, -0.2) is 13.9 Å². The first-order valence-electron chi connectivity index (χ1n) is 14.2. The summed E-state index contributed by atoms with van der Waals surface area (Å²) in [7, 11) is -6.00. The van der Waals surface area contributed by atoms with E-state index in [0.29, 0.717) is 0 Å². The van der Waals surface area contributed by atoms with Crippen molar-refractivity contribution >= 4 is 7.25 Å². The van der Waals surface area contributed by atoms with E-state index in [1.165, 1.54) is 111 Å². The van der Waals surface area contributed by atoms with Crippen LogP contribution in [-0.2, 0) is 0 Å². The number of benzene rings is 2. The highest BCUT2D eigenvalue weighted by molar-refractivity contribution is 6.50. The minimum absolute atomic E-state index is 0.836. The summed E-state index contributed by atoms with van der Waals surface area (Å²) in [5, 5.41) is 0. The lowest BCUT2D eigenvalue weighted by Gasteiger charge is -2.07. The molecule has 0 spiro atoms. The molecule has 0 aliphatic heterocycles. The van der Waals surface area contributed by atoms with E-state index in [-0.39, 0.29) is 0 Å². The Kier molecular flexibility index (Phi) is 19.8. The second-order valence-corrected chi connectivity index (χ2v) is 10.9. The van der Waals surface area contributed by atoms with E-state index in [2.05, 4.69) is 78.0 Å². The molecule has 2 aromatic rings. The highest BCUT2D eigenvalue weighted by atomic mass is 127. The number of ether oxygens (including phenoxy) is 1. The van der Waals surface area contributed by atoms with Crippen molar-refractivity contribution in [3.8, 4) is 16.9 Å². The van der Waals surface area contributed by atoms with Crippen LogP contribution < -0.4 is 27.3 Å².